The number of benzene rings is 1. The molecule has 2 aliphatic rings. The Labute approximate surface area is 207 Å². The molecule has 0 saturated heterocycles. The number of nitrogens with zero attached hydrogens (tertiary/aromatic N) is 2. The number of pyridine rings is 2. The van der Waals surface area contributed by atoms with Crippen molar-refractivity contribution in [1.82, 2.24) is 15.3 Å². The lowest BCUT2D eigenvalue weighted by Crippen LogP contribution is -2.48. The van der Waals surface area contributed by atoms with Gasteiger partial charge >= 0.3 is 0 Å². The Kier molecular flexibility index (Phi) is 6.59. The second kappa shape index (κ2) is 9.80. The minimum Gasteiger partial charge on any atom is -0.480 e. The fraction of sp³-hybridized carbons (Fsp3) is 0.360. The number of methoxy groups -OCH3 is 1. The summed E-state index contributed by atoms with van der Waals surface area (Å²) in [4.78, 5) is 34.5. The van der Waals surface area contributed by atoms with Gasteiger partial charge in [0.2, 0.25) is 11.8 Å². The van der Waals surface area contributed by atoms with Crippen LogP contribution in [-0.4, -0.2) is 51.4 Å². The van der Waals surface area contributed by atoms with Crippen molar-refractivity contribution in [1.29, 1.82) is 0 Å². The Hall–Kier alpha value is -3.21. The summed E-state index contributed by atoms with van der Waals surface area (Å²) in [6.45, 7) is 0.548. The van der Waals surface area contributed by atoms with Gasteiger partial charge in [-0.3, -0.25) is 9.59 Å². The number of fused-ring (bicyclic) bond motifs is 2. The van der Waals surface area contributed by atoms with E-state index in [1.165, 1.54) is 18.9 Å². The Morgan fingerprint density at radius 3 is 2.89 bits per heavy atom. The smallest absolute Gasteiger partial charge is 0.256 e. The number of carbonyl (C=O) groups is 2. The van der Waals surface area contributed by atoms with E-state index in [0.717, 1.165) is 16.0 Å². The highest BCUT2D eigenvalue weighted by Crippen LogP contribution is 2.34. The summed E-state index contributed by atoms with van der Waals surface area (Å²) in [5, 5.41) is 21.9. The summed E-state index contributed by atoms with van der Waals surface area (Å²) in [6.07, 6.45) is 3.66. The van der Waals surface area contributed by atoms with Crippen LogP contribution in [-0.2, 0) is 16.1 Å². The Morgan fingerprint density at radius 1 is 1.26 bits per heavy atom. The average Bonchev–Trinajstić information content (AvgIpc) is 2.87. The van der Waals surface area contributed by atoms with Crippen LogP contribution in [0.1, 0.15) is 31.4 Å². The minimum atomic E-state index is -1.44. The zero-order valence-electron chi connectivity index (χ0n) is 19.3. The van der Waals surface area contributed by atoms with Crippen LogP contribution in [0.4, 0.5) is 11.5 Å². The molecule has 182 valence electrons. The summed E-state index contributed by atoms with van der Waals surface area (Å²) in [6, 6.07) is 11.5. The lowest BCUT2D eigenvalue weighted by Gasteiger charge is -2.35. The van der Waals surface area contributed by atoms with Gasteiger partial charge in [0.1, 0.15) is 11.4 Å². The summed E-state index contributed by atoms with van der Waals surface area (Å²) in [7, 11) is 1.54. The number of aromatic nitrogens is 2. The van der Waals surface area contributed by atoms with Crippen molar-refractivity contribution in [2.24, 2.45) is 0 Å². The number of aliphatic hydroxyl groups is 1. The molecule has 0 spiro atoms. The van der Waals surface area contributed by atoms with Gasteiger partial charge < -0.3 is 25.8 Å². The molecule has 1 aliphatic heterocycles. The lowest BCUT2D eigenvalue weighted by atomic mass is 9.81. The maximum absolute atomic E-state index is 13.1. The van der Waals surface area contributed by atoms with Crippen LogP contribution in [0.15, 0.2) is 47.5 Å². The van der Waals surface area contributed by atoms with Crippen molar-refractivity contribution in [2.75, 3.05) is 23.5 Å². The second-order valence-corrected chi connectivity index (χ2v) is 9.87. The van der Waals surface area contributed by atoms with E-state index in [2.05, 4.69) is 25.9 Å². The van der Waals surface area contributed by atoms with Gasteiger partial charge in [-0.2, -0.15) is 0 Å². The molecule has 0 radical (unpaired) electrons. The highest BCUT2D eigenvalue weighted by molar-refractivity contribution is 8.00. The number of thioether (sulfide) groups is 1. The molecule has 0 unspecified atom stereocenters. The average molecular weight is 494 g/mol. The van der Waals surface area contributed by atoms with Crippen LogP contribution in [0.25, 0.3) is 10.8 Å². The van der Waals surface area contributed by atoms with Gasteiger partial charge in [0.05, 0.1) is 34.5 Å². The van der Waals surface area contributed by atoms with E-state index in [4.69, 9.17) is 4.74 Å². The first kappa shape index (κ1) is 23.5. The van der Waals surface area contributed by atoms with Gasteiger partial charge in [0, 0.05) is 18.8 Å². The van der Waals surface area contributed by atoms with Crippen molar-refractivity contribution < 1.29 is 19.4 Å². The fourth-order valence-electron chi connectivity index (χ4n) is 4.57. The van der Waals surface area contributed by atoms with Gasteiger partial charge in [-0.1, -0.05) is 12.1 Å². The molecule has 10 heteroatoms. The van der Waals surface area contributed by atoms with Crippen LogP contribution in [0.3, 0.4) is 0 Å². The molecule has 1 aliphatic carbocycles. The first-order valence-corrected chi connectivity index (χ1v) is 12.6. The first-order valence-electron chi connectivity index (χ1n) is 11.6. The van der Waals surface area contributed by atoms with E-state index in [1.54, 1.807) is 12.3 Å². The Balaban J connectivity index is 1.19. The SMILES string of the molecule is COc1nccc2cccc(NC(=O)[C@]3(O)CC[C@@H](NCc4ccc5c(n4)NC(=O)CS5)CC3)c12. The first-order chi connectivity index (χ1) is 16.9. The summed E-state index contributed by atoms with van der Waals surface area (Å²) >= 11 is 1.49. The normalized spacial score (nSPS) is 21.8. The summed E-state index contributed by atoms with van der Waals surface area (Å²) in [5.41, 5.74) is -0.0417. The monoisotopic (exact) mass is 493 g/mol. The predicted molar refractivity (Wildman–Crippen MR) is 135 cm³/mol. The number of rotatable bonds is 6. The van der Waals surface area contributed by atoms with Crippen molar-refractivity contribution in [3.05, 3.63) is 48.3 Å². The third-order valence-electron chi connectivity index (χ3n) is 6.54. The van der Waals surface area contributed by atoms with Crippen LogP contribution in [0.2, 0.25) is 0 Å². The summed E-state index contributed by atoms with van der Waals surface area (Å²) in [5.74, 6) is 0.991. The van der Waals surface area contributed by atoms with Crippen LogP contribution < -0.4 is 20.7 Å². The number of carbonyl (C=O) groups excluding carboxylic acids is 2. The Morgan fingerprint density at radius 2 is 2.09 bits per heavy atom. The van der Waals surface area contributed by atoms with Crippen molar-refractivity contribution in [2.45, 2.75) is 48.8 Å². The van der Waals surface area contributed by atoms with Gasteiger partial charge in [0.25, 0.3) is 5.91 Å². The van der Waals surface area contributed by atoms with Gasteiger partial charge in [0.15, 0.2) is 0 Å². The molecule has 1 saturated carbocycles. The number of hydrogen-bond acceptors (Lipinski definition) is 8. The summed E-state index contributed by atoms with van der Waals surface area (Å²) < 4.78 is 5.37. The zero-order valence-corrected chi connectivity index (χ0v) is 20.2. The van der Waals surface area contributed by atoms with Crippen molar-refractivity contribution in [3.63, 3.8) is 0 Å². The molecule has 2 aromatic heterocycles. The number of amides is 2. The van der Waals surface area contributed by atoms with E-state index in [9.17, 15) is 14.7 Å². The molecule has 2 amide bonds. The third-order valence-corrected chi connectivity index (χ3v) is 7.58. The zero-order chi connectivity index (χ0) is 24.4. The van der Waals surface area contributed by atoms with Gasteiger partial charge in [-0.15, -0.1) is 11.8 Å². The van der Waals surface area contributed by atoms with E-state index in [0.29, 0.717) is 60.8 Å². The number of hydrogen-bond donors (Lipinski definition) is 4. The lowest BCUT2D eigenvalue weighted by molar-refractivity contribution is -0.137. The molecule has 0 atom stereocenters. The number of ether oxygens (including phenoxy) is 1. The molecule has 1 aromatic carbocycles. The molecule has 35 heavy (non-hydrogen) atoms. The van der Waals surface area contributed by atoms with E-state index < -0.39 is 11.5 Å². The molecule has 3 heterocycles. The maximum Gasteiger partial charge on any atom is 0.256 e. The standard InChI is InChI=1S/C25H27N5O4S/c1-34-23-21-15(9-12-26-23)3-2-4-18(21)29-24(32)25(33)10-7-16(8-11-25)27-13-17-5-6-19-22(28-17)30-20(31)14-35-19/h2-6,9,12,16,27,33H,7-8,10-11,13-14H2,1H3,(H,29,32)(H,28,30,31)/t16-,25+. The highest BCUT2D eigenvalue weighted by atomic mass is 32.2. The molecular formula is C25H27N5O4S. The van der Waals surface area contributed by atoms with Gasteiger partial charge in [-0.05, 0) is 55.3 Å². The number of nitrogens with one attached hydrogen (secondary N) is 3. The number of anilines is 2. The molecule has 9 nitrogen and oxygen atoms in total. The van der Waals surface area contributed by atoms with E-state index in [1.807, 2.05) is 30.3 Å². The molecule has 1 fully saturated rings. The van der Waals surface area contributed by atoms with Crippen LogP contribution >= 0.6 is 11.8 Å². The van der Waals surface area contributed by atoms with E-state index >= 15 is 0 Å². The highest BCUT2D eigenvalue weighted by Gasteiger charge is 2.40. The quantitative estimate of drug-likeness (QED) is 0.413. The Bertz CT molecular complexity index is 1270. The second-order valence-electron chi connectivity index (χ2n) is 8.85. The largest absolute Gasteiger partial charge is 0.480 e. The van der Waals surface area contributed by atoms with Crippen molar-refractivity contribution >= 4 is 45.9 Å². The van der Waals surface area contributed by atoms with E-state index in [-0.39, 0.29) is 11.9 Å². The maximum atomic E-state index is 13.1. The van der Waals surface area contributed by atoms with Crippen LogP contribution in [0.5, 0.6) is 5.88 Å². The van der Waals surface area contributed by atoms with Gasteiger partial charge in [-0.25, -0.2) is 9.97 Å². The fourth-order valence-corrected chi connectivity index (χ4v) is 5.33. The molecule has 5 rings (SSSR count). The molecule has 4 N–H and O–H groups in total. The molecule has 3 aromatic rings. The predicted octanol–water partition coefficient (Wildman–Crippen LogP) is 3.08. The molecular weight excluding hydrogens is 466 g/mol. The third kappa shape index (κ3) is 4.95. The minimum absolute atomic E-state index is 0.0387. The topological polar surface area (TPSA) is 125 Å². The van der Waals surface area contributed by atoms with Crippen LogP contribution in [0, 0.1) is 0 Å². The van der Waals surface area contributed by atoms with Crippen molar-refractivity contribution in [3.8, 4) is 5.88 Å². The molecule has 0 bridgehead atoms.